The molecular weight excluding hydrogens is 360 g/mol. The molecule has 0 aliphatic rings. The number of ether oxygens (including phenoxy) is 3. The van der Waals surface area contributed by atoms with Crippen LogP contribution < -0.4 is 24.5 Å². The quantitative estimate of drug-likeness (QED) is 0.671. The molecule has 0 saturated heterocycles. The molecule has 0 atom stereocenters. The van der Waals surface area contributed by atoms with Gasteiger partial charge < -0.3 is 14.2 Å². The molecule has 8 nitrogen and oxygen atoms in total. The molecule has 0 saturated carbocycles. The molecule has 140 valence electrons. The molecule has 1 amide bonds. The van der Waals surface area contributed by atoms with E-state index in [1.54, 1.807) is 50.4 Å². The molecule has 2 N–H and O–H groups in total. The molecular formula is C17H20N2O6S. The molecule has 0 aromatic heterocycles. The van der Waals surface area contributed by atoms with Crippen LogP contribution in [-0.4, -0.2) is 35.2 Å². The van der Waals surface area contributed by atoms with E-state index in [9.17, 15) is 13.2 Å². The van der Waals surface area contributed by atoms with Crippen LogP contribution in [0.15, 0.2) is 47.4 Å². The number of hydrazine groups is 1. The maximum absolute atomic E-state index is 12.4. The Morgan fingerprint density at radius 1 is 1.00 bits per heavy atom. The van der Waals surface area contributed by atoms with Gasteiger partial charge in [0, 0.05) is 0 Å². The van der Waals surface area contributed by atoms with Crippen molar-refractivity contribution in [2.75, 3.05) is 20.8 Å². The van der Waals surface area contributed by atoms with Gasteiger partial charge in [0.1, 0.15) is 22.1 Å². The summed E-state index contributed by atoms with van der Waals surface area (Å²) in [6.45, 7) is 1.39. The van der Waals surface area contributed by atoms with Gasteiger partial charge in [-0.15, -0.1) is 4.83 Å². The molecule has 9 heteroatoms. The Hall–Kier alpha value is -2.78. The summed E-state index contributed by atoms with van der Waals surface area (Å²) in [6.07, 6.45) is 0. The lowest BCUT2D eigenvalue weighted by atomic mass is 10.2. The minimum absolute atomic E-state index is 0.0728. The van der Waals surface area contributed by atoms with Crippen LogP contribution in [0.4, 0.5) is 0 Å². The minimum Gasteiger partial charge on any atom is -0.497 e. The van der Waals surface area contributed by atoms with Crippen molar-refractivity contribution in [3.05, 3.63) is 48.0 Å². The van der Waals surface area contributed by atoms with Crippen molar-refractivity contribution < 1.29 is 27.4 Å². The maximum atomic E-state index is 12.4. The number of carbonyl (C=O) groups excluding carboxylic acids is 1. The highest BCUT2D eigenvalue weighted by Gasteiger charge is 2.20. The van der Waals surface area contributed by atoms with Crippen LogP contribution in [0.25, 0.3) is 0 Å². The van der Waals surface area contributed by atoms with Crippen LogP contribution in [-0.2, 0) is 14.8 Å². The number of benzene rings is 2. The minimum atomic E-state index is -3.99. The maximum Gasteiger partial charge on any atom is 0.272 e. The van der Waals surface area contributed by atoms with Gasteiger partial charge in [-0.2, -0.15) is 0 Å². The lowest BCUT2D eigenvalue weighted by Gasteiger charge is -2.12. The summed E-state index contributed by atoms with van der Waals surface area (Å²) in [5, 5.41) is 0. The van der Waals surface area contributed by atoms with Gasteiger partial charge in [0.2, 0.25) is 0 Å². The van der Waals surface area contributed by atoms with Gasteiger partial charge in [-0.05, 0) is 48.9 Å². The molecule has 0 fully saturated rings. The van der Waals surface area contributed by atoms with E-state index >= 15 is 0 Å². The third-order valence-electron chi connectivity index (χ3n) is 3.36. The average Bonchev–Trinajstić information content (AvgIpc) is 2.65. The summed E-state index contributed by atoms with van der Waals surface area (Å²) in [4.78, 5) is 13.8. The van der Waals surface area contributed by atoms with E-state index in [-0.39, 0.29) is 17.3 Å². The highest BCUT2D eigenvalue weighted by molar-refractivity contribution is 7.89. The Balaban J connectivity index is 1.94. The summed E-state index contributed by atoms with van der Waals surface area (Å²) < 4.78 is 40.0. The van der Waals surface area contributed by atoms with E-state index in [1.807, 2.05) is 4.83 Å². The zero-order valence-electron chi connectivity index (χ0n) is 14.6. The van der Waals surface area contributed by atoms with Crippen LogP contribution in [0, 0.1) is 6.92 Å². The SMILES string of the molecule is COc1ccc(OCC(=O)NNS(=O)(=O)c2cc(C)ccc2OC)cc1. The second-order valence-electron chi connectivity index (χ2n) is 5.27. The number of hydrogen-bond donors (Lipinski definition) is 2. The second kappa shape index (κ2) is 8.54. The topological polar surface area (TPSA) is 103 Å². The Morgan fingerprint density at radius 3 is 2.27 bits per heavy atom. The van der Waals surface area contributed by atoms with E-state index in [1.165, 1.54) is 13.2 Å². The number of hydrogen-bond acceptors (Lipinski definition) is 6. The number of sulfonamides is 1. The zero-order valence-corrected chi connectivity index (χ0v) is 15.4. The van der Waals surface area contributed by atoms with Crippen molar-refractivity contribution in [3.63, 3.8) is 0 Å². The predicted molar refractivity (Wildman–Crippen MR) is 94.7 cm³/mol. The normalized spacial score (nSPS) is 10.9. The fourth-order valence-corrected chi connectivity index (χ4v) is 3.15. The summed E-state index contributed by atoms with van der Waals surface area (Å²) in [6, 6.07) is 11.3. The summed E-state index contributed by atoms with van der Waals surface area (Å²) in [5.41, 5.74) is 2.84. The van der Waals surface area contributed by atoms with Gasteiger partial charge in [0.25, 0.3) is 15.9 Å². The van der Waals surface area contributed by atoms with Gasteiger partial charge in [-0.3, -0.25) is 10.2 Å². The molecule has 0 bridgehead atoms. The van der Waals surface area contributed by atoms with Crippen LogP contribution in [0.5, 0.6) is 17.2 Å². The molecule has 0 aliphatic heterocycles. The third-order valence-corrected chi connectivity index (χ3v) is 4.63. The Morgan fingerprint density at radius 2 is 1.65 bits per heavy atom. The van der Waals surface area contributed by atoms with E-state index in [2.05, 4.69) is 5.43 Å². The molecule has 0 aliphatic carbocycles. The van der Waals surface area contributed by atoms with Gasteiger partial charge in [0.05, 0.1) is 14.2 Å². The molecule has 2 aromatic rings. The first-order chi connectivity index (χ1) is 12.4. The average molecular weight is 380 g/mol. The lowest BCUT2D eigenvalue weighted by molar-refractivity contribution is -0.123. The summed E-state index contributed by atoms with van der Waals surface area (Å²) in [5.74, 6) is 0.619. The predicted octanol–water partition coefficient (Wildman–Crippen LogP) is 1.40. The van der Waals surface area contributed by atoms with Gasteiger partial charge in [0.15, 0.2) is 6.61 Å². The van der Waals surface area contributed by atoms with Crippen LogP contribution in [0.1, 0.15) is 5.56 Å². The van der Waals surface area contributed by atoms with Gasteiger partial charge in [-0.25, -0.2) is 8.42 Å². The number of aryl methyl sites for hydroxylation is 1. The fraction of sp³-hybridized carbons (Fsp3) is 0.235. The van der Waals surface area contributed by atoms with Crippen molar-refractivity contribution in [1.82, 2.24) is 10.3 Å². The number of methoxy groups -OCH3 is 2. The van der Waals surface area contributed by atoms with E-state index in [0.29, 0.717) is 11.5 Å². The van der Waals surface area contributed by atoms with Crippen molar-refractivity contribution in [3.8, 4) is 17.2 Å². The van der Waals surface area contributed by atoms with Gasteiger partial charge >= 0.3 is 0 Å². The number of nitrogens with one attached hydrogen (secondary N) is 2. The number of amides is 1. The molecule has 26 heavy (non-hydrogen) atoms. The third kappa shape index (κ3) is 5.11. The first-order valence-electron chi connectivity index (χ1n) is 7.58. The van der Waals surface area contributed by atoms with E-state index in [4.69, 9.17) is 14.2 Å². The highest BCUT2D eigenvalue weighted by Crippen LogP contribution is 2.24. The molecule has 2 rings (SSSR count). The first kappa shape index (κ1) is 19.5. The summed E-state index contributed by atoms with van der Waals surface area (Å²) >= 11 is 0. The largest absolute Gasteiger partial charge is 0.497 e. The zero-order chi connectivity index (χ0) is 19.2. The monoisotopic (exact) mass is 380 g/mol. The second-order valence-corrected chi connectivity index (χ2v) is 6.92. The van der Waals surface area contributed by atoms with Crippen molar-refractivity contribution in [1.29, 1.82) is 0 Å². The highest BCUT2D eigenvalue weighted by atomic mass is 32.2. The van der Waals surface area contributed by atoms with E-state index in [0.717, 1.165) is 5.56 Å². The number of rotatable bonds is 8. The Kier molecular flexibility index (Phi) is 6.42. The van der Waals surface area contributed by atoms with Gasteiger partial charge in [-0.1, -0.05) is 6.07 Å². The first-order valence-corrected chi connectivity index (χ1v) is 9.06. The summed E-state index contributed by atoms with van der Waals surface area (Å²) in [7, 11) is -1.09. The number of carbonyl (C=O) groups is 1. The van der Waals surface area contributed by atoms with Crippen LogP contribution in [0.3, 0.4) is 0 Å². The Bertz CT molecular complexity index is 865. The lowest BCUT2D eigenvalue weighted by Crippen LogP contribution is -2.43. The molecule has 0 heterocycles. The standard InChI is InChI=1S/C17H20N2O6S/c1-12-4-9-15(24-3)16(10-12)26(21,22)19-18-17(20)11-25-14-7-5-13(23-2)6-8-14/h4-10,19H,11H2,1-3H3,(H,18,20). The van der Waals surface area contributed by atoms with Crippen LogP contribution >= 0.6 is 0 Å². The smallest absolute Gasteiger partial charge is 0.272 e. The van der Waals surface area contributed by atoms with Crippen molar-refractivity contribution in [2.24, 2.45) is 0 Å². The van der Waals surface area contributed by atoms with Crippen molar-refractivity contribution >= 4 is 15.9 Å². The van der Waals surface area contributed by atoms with Crippen LogP contribution in [0.2, 0.25) is 0 Å². The molecule has 0 radical (unpaired) electrons. The van der Waals surface area contributed by atoms with E-state index < -0.39 is 15.9 Å². The molecule has 0 spiro atoms. The Labute approximate surface area is 152 Å². The fourth-order valence-electron chi connectivity index (χ4n) is 2.03. The molecule has 0 unspecified atom stereocenters. The van der Waals surface area contributed by atoms with Crippen molar-refractivity contribution in [2.45, 2.75) is 11.8 Å². The molecule has 2 aromatic carbocycles.